The highest BCUT2D eigenvalue weighted by atomic mass is 32.1. The number of anilines is 1. The molecule has 7 nitrogen and oxygen atoms in total. The van der Waals surface area contributed by atoms with Gasteiger partial charge in [0.15, 0.2) is 0 Å². The van der Waals surface area contributed by atoms with E-state index in [2.05, 4.69) is 10.3 Å². The molecule has 0 saturated carbocycles. The Morgan fingerprint density at radius 1 is 1.26 bits per heavy atom. The van der Waals surface area contributed by atoms with E-state index >= 15 is 0 Å². The number of carbonyl (C=O) groups excluding carboxylic acids is 1. The summed E-state index contributed by atoms with van der Waals surface area (Å²) in [5.41, 5.74) is 2.12. The van der Waals surface area contributed by atoms with E-state index in [0.29, 0.717) is 17.7 Å². The summed E-state index contributed by atoms with van der Waals surface area (Å²) in [4.78, 5) is 27.4. The number of methoxy groups -OCH3 is 1. The molecule has 0 atom stereocenters. The highest BCUT2D eigenvalue weighted by Crippen LogP contribution is 2.26. The minimum atomic E-state index is -0.471. The summed E-state index contributed by atoms with van der Waals surface area (Å²) >= 11 is 1.39. The third-order valence-electron chi connectivity index (χ3n) is 4.05. The third kappa shape index (κ3) is 4.29. The Balaban J connectivity index is 1.71. The van der Waals surface area contributed by atoms with Crippen molar-refractivity contribution in [2.24, 2.45) is 0 Å². The molecule has 8 heteroatoms. The van der Waals surface area contributed by atoms with Crippen molar-refractivity contribution >= 4 is 28.6 Å². The number of hydrogen-bond donors (Lipinski definition) is 1. The monoisotopic (exact) mass is 383 g/mol. The topological polar surface area (TPSA) is 94.4 Å². The van der Waals surface area contributed by atoms with Gasteiger partial charge in [-0.3, -0.25) is 14.9 Å². The Morgan fingerprint density at radius 3 is 2.67 bits per heavy atom. The molecule has 1 amide bonds. The third-order valence-corrected chi connectivity index (χ3v) is 4.90. The predicted molar refractivity (Wildman–Crippen MR) is 104 cm³/mol. The predicted octanol–water partition coefficient (Wildman–Crippen LogP) is 4.21. The van der Waals surface area contributed by atoms with Crippen molar-refractivity contribution in [2.75, 3.05) is 12.4 Å². The van der Waals surface area contributed by atoms with Gasteiger partial charge in [-0.25, -0.2) is 4.98 Å². The molecule has 0 aliphatic rings. The van der Waals surface area contributed by atoms with Crippen LogP contribution in [0.5, 0.6) is 5.75 Å². The molecule has 0 aliphatic heterocycles. The number of amides is 1. The maximum Gasteiger partial charge on any atom is 0.275 e. The van der Waals surface area contributed by atoms with Crippen LogP contribution in [0.15, 0.2) is 47.8 Å². The van der Waals surface area contributed by atoms with Crippen molar-refractivity contribution < 1.29 is 14.5 Å². The normalized spacial score (nSPS) is 10.4. The second kappa shape index (κ2) is 7.96. The van der Waals surface area contributed by atoms with Gasteiger partial charge in [0, 0.05) is 17.9 Å². The molecule has 0 bridgehead atoms. The number of carbonyl (C=O) groups is 1. The molecule has 0 saturated heterocycles. The van der Waals surface area contributed by atoms with Crippen molar-refractivity contribution in [1.29, 1.82) is 0 Å². The fourth-order valence-electron chi connectivity index (χ4n) is 2.56. The maximum absolute atomic E-state index is 12.4. The van der Waals surface area contributed by atoms with Gasteiger partial charge in [-0.2, -0.15) is 0 Å². The molecule has 0 spiro atoms. The number of ether oxygens (including phenoxy) is 1. The second-order valence-electron chi connectivity index (χ2n) is 5.81. The Bertz CT molecular complexity index is 983. The molecule has 2 aromatic carbocycles. The van der Waals surface area contributed by atoms with Gasteiger partial charge in [-0.05, 0) is 30.7 Å². The first-order chi connectivity index (χ1) is 13.0. The number of nitro benzene ring substituents is 1. The summed E-state index contributed by atoms with van der Waals surface area (Å²) in [5, 5.41) is 16.2. The van der Waals surface area contributed by atoms with Gasteiger partial charge in [0.05, 0.1) is 28.3 Å². The molecule has 0 unspecified atom stereocenters. The van der Waals surface area contributed by atoms with E-state index in [1.807, 2.05) is 24.3 Å². The molecule has 138 valence electrons. The van der Waals surface area contributed by atoms with Crippen molar-refractivity contribution in [2.45, 2.75) is 13.3 Å². The van der Waals surface area contributed by atoms with Gasteiger partial charge in [0.25, 0.3) is 11.6 Å². The van der Waals surface area contributed by atoms with Crippen LogP contribution in [-0.4, -0.2) is 22.9 Å². The van der Waals surface area contributed by atoms with Crippen LogP contribution in [0, 0.1) is 17.0 Å². The van der Waals surface area contributed by atoms with Crippen LogP contribution in [0.2, 0.25) is 0 Å². The fourth-order valence-corrected chi connectivity index (χ4v) is 3.37. The molecule has 0 fully saturated rings. The zero-order valence-corrected chi connectivity index (χ0v) is 15.6. The largest absolute Gasteiger partial charge is 0.497 e. The Labute approximate surface area is 159 Å². The van der Waals surface area contributed by atoms with Gasteiger partial charge in [0.1, 0.15) is 11.4 Å². The Morgan fingerprint density at radius 2 is 2.00 bits per heavy atom. The first-order valence-electron chi connectivity index (χ1n) is 8.10. The van der Waals surface area contributed by atoms with E-state index in [0.717, 1.165) is 16.3 Å². The van der Waals surface area contributed by atoms with E-state index in [1.54, 1.807) is 25.5 Å². The molecular formula is C19H17N3O4S. The van der Waals surface area contributed by atoms with Crippen LogP contribution in [0.3, 0.4) is 0 Å². The zero-order chi connectivity index (χ0) is 19.4. The van der Waals surface area contributed by atoms with E-state index < -0.39 is 10.8 Å². The summed E-state index contributed by atoms with van der Waals surface area (Å²) in [6.45, 7) is 1.60. The Kier molecular flexibility index (Phi) is 5.46. The van der Waals surface area contributed by atoms with Crippen LogP contribution < -0.4 is 10.1 Å². The molecule has 27 heavy (non-hydrogen) atoms. The lowest BCUT2D eigenvalue weighted by atomic mass is 10.1. The van der Waals surface area contributed by atoms with E-state index in [9.17, 15) is 14.9 Å². The van der Waals surface area contributed by atoms with Crippen molar-refractivity contribution in [3.8, 4) is 5.75 Å². The van der Waals surface area contributed by atoms with Gasteiger partial charge < -0.3 is 10.1 Å². The number of thiazole rings is 1. The van der Waals surface area contributed by atoms with Crippen LogP contribution in [0.1, 0.15) is 26.6 Å². The standard InChI is InChI=1S/C19H17N3O4S/c1-12-15(4-3-5-17(12)22(24)25)21-19(23)16-11-27-18(20-16)10-13-6-8-14(26-2)9-7-13/h3-9,11H,10H2,1-2H3,(H,21,23). The molecule has 0 radical (unpaired) electrons. The van der Waals surface area contributed by atoms with Gasteiger partial charge >= 0.3 is 0 Å². The second-order valence-corrected chi connectivity index (χ2v) is 6.75. The number of nitrogens with one attached hydrogen (secondary N) is 1. The number of rotatable bonds is 6. The van der Waals surface area contributed by atoms with Crippen molar-refractivity contribution in [1.82, 2.24) is 4.98 Å². The fraction of sp³-hybridized carbons (Fsp3) is 0.158. The van der Waals surface area contributed by atoms with Crippen LogP contribution in [0.4, 0.5) is 11.4 Å². The van der Waals surface area contributed by atoms with E-state index in [4.69, 9.17) is 4.74 Å². The van der Waals surface area contributed by atoms with Gasteiger partial charge in [-0.15, -0.1) is 11.3 Å². The summed E-state index contributed by atoms with van der Waals surface area (Å²) in [7, 11) is 1.61. The summed E-state index contributed by atoms with van der Waals surface area (Å²) in [5.74, 6) is 0.390. The number of nitro groups is 1. The quantitative estimate of drug-likeness (QED) is 0.508. The van der Waals surface area contributed by atoms with Crippen molar-refractivity contribution in [3.63, 3.8) is 0 Å². The summed E-state index contributed by atoms with van der Waals surface area (Å²) in [6.07, 6.45) is 0.609. The molecule has 3 aromatic rings. The molecule has 1 N–H and O–H groups in total. The number of aromatic nitrogens is 1. The molecule has 1 aromatic heterocycles. The minimum absolute atomic E-state index is 0.0359. The lowest BCUT2D eigenvalue weighted by Crippen LogP contribution is -2.13. The van der Waals surface area contributed by atoms with Gasteiger partial charge in [-0.1, -0.05) is 18.2 Å². The first-order valence-corrected chi connectivity index (χ1v) is 8.98. The highest BCUT2D eigenvalue weighted by Gasteiger charge is 2.17. The number of benzene rings is 2. The zero-order valence-electron chi connectivity index (χ0n) is 14.8. The van der Waals surface area contributed by atoms with Crippen LogP contribution >= 0.6 is 11.3 Å². The lowest BCUT2D eigenvalue weighted by Gasteiger charge is -2.07. The lowest BCUT2D eigenvalue weighted by molar-refractivity contribution is -0.385. The van der Waals surface area contributed by atoms with Crippen LogP contribution in [0.25, 0.3) is 0 Å². The molecule has 0 aliphatic carbocycles. The summed E-state index contributed by atoms with van der Waals surface area (Å²) in [6, 6.07) is 12.2. The SMILES string of the molecule is COc1ccc(Cc2nc(C(=O)Nc3cccc([N+](=O)[O-])c3C)cs2)cc1. The number of hydrogen-bond acceptors (Lipinski definition) is 6. The van der Waals surface area contributed by atoms with Crippen molar-refractivity contribution in [3.05, 3.63) is 79.8 Å². The summed E-state index contributed by atoms with van der Waals surface area (Å²) < 4.78 is 5.14. The number of nitrogens with zero attached hydrogens (tertiary/aromatic N) is 2. The molecule has 1 heterocycles. The average Bonchev–Trinajstić information content (AvgIpc) is 3.12. The van der Waals surface area contributed by atoms with E-state index in [1.165, 1.54) is 23.5 Å². The first kappa shape index (κ1) is 18.5. The average molecular weight is 383 g/mol. The van der Waals surface area contributed by atoms with Gasteiger partial charge in [0.2, 0.25) is 0 Å². The molecule has 3 rings (SSSR count). The van der Waals surface area contributed by atoms with E-state index in [-0.39, 0.29) is 11.4 Å². The van der Waals surface area contributed by atoms with Crippen LogP contribution in [-0.2, 0) is 6.42 Å². The smallest absolute Gasteiger partial charge is 0.275 e. The highest BCUT2D eigenvalue weighted by molar-refractivity contribution is 7.09. The minimum Gasteiger partial charge on any atom is -0.497 e. The maximum atomic E-state index is 12.4. The molecular weight excluding hydrogens is 366 g/mol. The Hall–Kier alpha value is -3.26.